The summed E-state index contributed by atoms with van der Waals surface area (Å²) < 4.78 is 9.67. The van der Waals surface area contributed by atoms with Gasteiger partial charge in [-0.15, -0.1) is 5.26 Å². The average molecular weight is 283 g/mol. The predicted octanol–water partition coefficient (Wildman–Crippen LogP) is 2.46. The molecule has 1 N–H and O–H groups in total. The lowest BCUT2D eigenvalue weighted by Gasteiger charge is -2.07. The molecule has 0 unspecified atom stereocenters. The fraction of sp³-hybridized carbons (Fsp3) is 0. The zero-order valence-electron chi connectivity index (χ0n) is 10.6. The number of carboxylic acids is 1. The van der Waals surface area contributed by atoms with Crippen LogP contribution in [-0.4, -0.2) is 17.0 Å². The molecule has 0 heterocycles. The topological polar surface area (TPSA) is 96.6 Å². The summed E-state index contributed by atoms with van der Waals surface area (Å²) in [6.45, 7) is 0. The number of hydrogen-bond donors (Lipinski definition) is 1. The highest BCUT2D eigenvalue weighted by molar-refractivity contribution is 6.03. The molecule has 21 heavy (non-hydrogen) atoms. The maximum absolute atomic E-state index is 12.0. The van der Waals surface area contributed by atoms with Gasteiger partial charge in [0.2, 0.25) is 0 Å². The van der Waals surface area contributed by atoms with Gasteiger partial charge < -0.3 is 14.6 Å². The number of esters is 1. The van der Waals surface area contributed by atoms with Crippen LogP contribution in [0.5, 0.6) is 11.5 Å². The van der Waals surface area contributed by atoms with Gasteiger partial charge in [-0.2, -0.15) is 0 Å². The summed E-state index contributed by atoms with van der Waals surface area (Å²) in [5, 5.41) is 17.4. The van der Waals surface area contributed by atoms with Crippen molar-refractivity contribution in [1.82, 2.24) is 0 Å². The number of carbonyl (C=O) groups excluding carboxylic acids is 1. The van der Waals surface area contributed by atoms with E-state index in [0.717, 1.165) is 0 Å². The molecule has 6 nitrogen and oxygen atoms in total. The van der Waals surface area contributed by atoms with Crippen LogP contribution in [0.3, 0.4) is 0 Å². The van der Waals surface area contributed by atoms with E-state index in [4.69, 9.17) is 15.1 Å². The standard InChI is InChI=1S/C15H9NO5/c16-9-20-10-5-7-11(8-6-10)21-15(19)13-4-2-1-3-12(13)14(17)18/h1-8H,(H,17,18). The van der Waals surface area contributed by atoms with Gasteiger partial charge in [-0.1, -0.05) is 12.1 Å². The molecule has 6 heteroatoms. The van der Waals surface area contributed by atoms with E-state index in [0.29, 0.717) is 5.75 Å². The first-order valence-electron chi connectivity index (χ1n) is 5.82. The minimum Gasteiger partial charge on any atom is -0.478 e. The van der Waals surface area contributed by atoms with Crippen molar-refractivity contribution in [3.63, 3.8) is 0 Å². The lowest BCUT2D eigenvalue weighted by Crippen LogP contribution is -2.13. The summed E-state index contributed by atoms with van der Waals surface area (Å²) in [5.41, 5.74) is -0.172. The number of ether oxygens (including phenoxy) is 2. The van der Waals surface area contributed by atoms with Gasteiger partial charge in [0.15, 0.2) is 0 Å². The highest BCUT2D eigenvalue weighted by atomic mass is 16.5. The lowest BCUT2D eigenvalue weighted by molar-refractivity contribution is 0.0668. The molecule has 0 saturated heterocycles. The molecule has 0 saturated carbocycles. The van der Waals surface area contributed by atoms with Crippen molar-refractivity contribution in [3.05, 3.63) is 59.7 Å². The predicted molar refractivity (Wildman–Crippen MR) is 71.0 cm³/mol. The van der Waals surface area contributed by atoms with Crippen LogP contribution in [0.4, 0.5) is 0 Å². The Morgan fingerprint density at radius 1 is 0.952 bits per heavy atom. The largest absolute Gasteiger partial charge is 0.478 e. The minimum atomic E-state index is -1.21. The third kappa shape index (κ3) is 3.36. The Labute approximate surface area is 119 Å². The second kappa shape index (κ2) is 6.21. The number of benzene rings is 2. The smallest absolute Gasteiger partial charge is 0.344 e. The van der Waals surface area contributed by atoms with E-state index in [-0.39, 0.29) is 16.9 Å². The summed E-state index contributed by atoms with van der Waals surface area (Å²) in [4.78, 5) is 23.0. The molecule has 0 radical (unpaired) electrons. The van der Waals surface area contributed by atoms with Crippen molar-refractivity contribution in [2.24, 2.45) is 0 Å². The van der Waals surface area contributed by atoms with Crippen molar-refractivity contribution < 1.29 is 24.2 Å². The van der Waals surface area contributed by atoms with Crippen LogP contribution < -0.4 is 9.47 Å². The van der Waals surface area contributed by atoms with E-state index in [1.54, 1.807) is 6.07 Å². The first kappa shape index (κ1) is 14.1. The summed E-state index contributed by atoms with van der Waals surface area (Å²) in [7, 11) is 0. The zero-order chi connectivity index (χ0) is 15.2. The second-order valence-corrected chi connectivity index (χ2v) is 3.91. The molecular weight excluding hydrogens is 274 g/mol. The molecule has 0 aromatic heterocycles. The quantitative estimate of drug-likeness (QED) is 0.526. The monoisotopic (exact) mass is 283 g/mol. The third-order valence-corrected chi connectivity index (χ3v) is 2.58. The van der Waals surface area contributed by atoms with Gasteiger partial charge in [-0.05, 0) is 36.4 Å². The number of hydrogen-bond acceptors (Lipinski definition) is 5. The van der Waals surface area contributed by atoms with E-state index < -0.39 is 11.9 Å². The highest BCUT2D eigenvalue weighted by Crippen LogP contribution is 2.19. The summed E-state index contributed by atoms with van der Waals surface area (Å²) >= 11 is 0. The van der Waals surface area contributed by atoms with Gasteiger partial charge >= 0.3 is 11.9 Å². The number of nitriles is 1. The summed E-state index contributed by atoms with van der Waals surface area (Å²) in [6.07, 6.45) is 1.52. The molecular formula is C15H9NO5. The van der Waals surface area contributed by atoms with Gasteiger partial charge in [0.05, 0.1) is 11.1 Å². The molecule has 2 rings (SSSR count). The van der Waals surface area contributed by atoms with Crippen LogP contribution in [0.15, 0.2) is 48.5 Å². The van der Waals surface area contributed by atoms with Crippen LogP contribution in [-0.2, 0) is 0 Å². The van der Waals surface area contributed by atoms with Crippen molar-refractivity contribution >= 4 is 11.9 Å². The van der Waals surface area contributed by atoms with Crippen LogP contribution in [0.1, 0.15) is 20.7 Å². The van der Waals surface area contributed by atoms with E-state index in [1.165, 1.54) is 48.7 Å². The number of rotatable bonds is 4. The average Bonchev–Trinajstić information content (AvgIpc) is 2.49. The van der Waals surface area contributed by atoms with Gasteiger partial charge in [0.25, 0.3) is 6.26 Å². The van der Waals surface area contributed by atoms with E-state index in [9.17, 15) is 9.59 Å². The van der Waals surface area contributed by atoms with Crippen LogP contribution in [0, 0.1) is 11.5 Å². The fourth-order valence-corrected chi connectivity index (χ4v) is 1.64. The highest BCUT2D eigenvalue weighted by Gasteiger charge is 2.17. The molecule has 0 spiro atoms. The molecule has 104 valence electrons. The van der Waals surface area contributed by atoms with Gasteiger partial charge in [0.1, 0.15) is 11.5 Å². The SMILES string of the molecule is N#COc1ccc(OC(=O)c2ccccc2C(=O)O)cc1. The van der Waals surface area contributed by atoms with Crippen molar-refractivity contribution in [2.75, 3.05) is 0 Å². The van der Waals surface area contributed by atoms with E-state index >= 15 is 0 Å². The second-order valence-electron chi connectivity index (χ2n) is 3.91. The maximum atomic E-state index is 12.0. The van der Waals surface area contributed by atoms with Crippen LogP contribution >= 0.6 is 0 Å². The molecule has 0 fully saturated rings. The van der Waals surface area contributed by atoms with E-state index in [2.05, 4.69) is 4.74 Å². The Morgan fingerprint density at radius 2 is 1.52 bits per heavy atom. The summed E-state index contributed by atoms with van der Waals surface area (Å²) in [5.74, 6) is -1.46. The lowest BCUT2D eigenvalue weighted by atomic mass is 10.1. The van der Waals surface area contributed by atoms with Gasteiger partial charge in [-0.25, -0.2) is 9.59 Å². The number of carbonyl (C=O) groups is 2. The normalized spacial score (nSPS) is 9.48. The molecule has 0 bridgehead atoms. The minimum absolute atomic E-state index is 0.0395. The van der Waals surface area contributed by atoms with Gasteiger partial charge in [-0.3, -0.25) is 0 Å². The number of aromatic carboxylic acids is 1. The molecule has 0 aliphatic rings. The first-order valence-corrected chi connectivity index (χ1v) is 5.82. The maximum Gasteiger partial charge on any atom is 0.344 e. The summed E-state index contributed by atoms with van der Waals surface area (Å²) in [6, 6.07) is 11.6. The molecule has 0 amide bonds. The molecule has 0 aliphatic carbocycles. The Balaban J connectivity index is 2.19. The number of carboxylic acid groups (broad SMARTS) is 1. The van der Waals surface area contributed by atoms with E-state index in [1.807, 2.05) is 0 Å². The third-order valence-electron chi connectivity index (χ3n) is 2.58. The molecule has 2 aromatic rings. The van der Waals surface area contributed by atoms with Crippen molar-refractivity contribution in [3.8, 4) is 17.8 Å². The van der Waals surface area contributed by atoms with Crippen molar-refractivity contribution in [1.29, 1.82) is 5.26 Å². The Hall–Kier alpha value is -3.33. The molecule has 2 aromatic carbocycles. The Bertz CT molecular complexity index is 716. The number of nitrogens with zero attached hydrogens (tertiary/aromatic N) is 1. The van der Waals surface area contributed by atoms with Gasteiger partial charge in [0, 0.05) is 0 Å². The fourth-order valence-electron chi connectivity index (χ4n) is 1.64. The zero-order valence-corrected chi connectivity index (χ0v) is 10.6. The molecule has 0 atom stereocenters. The molecule has 0 aliphatic heterocycles. The Morgan fingerprint density at radius 3 is 2.10 bits per heavy atom. The Kier molecular flexibility index (Phi) is 4.17. The first-order chi connectivity index (χ1) is 10.1. The van der Waals surface area contributed by atoms with Crippen LogP contribution in [0.25, 0.3) is 0 Å². The van der Waals surface area contributed by atoms with Crippen LogP contribution in [0.2, 0.25) is 0 Å². The van der Waals surface area contributed by atoms with Crippen molar-refractivity contribution in [2.45, 2.75) is 0 Å².